The number of aromatic nitrogens is 3. The van der Waals surface area contributed by atoms with Gasteiger partial charge in [-0.1, -0.05) is 17.7 Å². The van der Waals surface area contributed by atoms with E-state index in [4.69, 9.17) is 21.3 Å². The van der Waals surface area contributed by atoms with Gasteiger partial charge in [-0.2, -0.15) is 0 Å². The van der Waals surface area contributed by atoms with Crippen LogP contribution in [0.5, 0.6) is 0 Å². The third-order valence-corrected chi connectivity index (χ3v) is 8.69. The number of nitrogens with zero attached hydrogens (tertiary/aromatic N) is 5. The number of benzene rings is 1. The van der Waals surface area contributed by atoms with E-state index < -0.39 is 22.9 Å². The molecule has 1 fully saturated rings. The van der Waals surface area contributed by atoms with Gasteiger partial charge in [0.2, 0.25) is 0 Å². The summed E-state index contributed by atoms with van der Waals surface area (Å²) in [6.07, 6.45) is 1.83. The Kier molecular flexibility index (Phi) is 8.20. The van der Waals surface area contributed by atoms with Gasteiger partial charge in [-0.15, -0.1) is 0 Å². The molecule has 1 aromatic carbocycles. The van der Waals surface area contributed by atoms with Gasteiger partial charge in [0.25, 0.3) is 5.91 Å². The number of halogens is 2. The molecule has 1 amide bonds. The number of carbonyl (C=O) groups excluding carboxylic acids is 2. The van der Waals surface area contributed by atoms with Crippen molar-refractivity contribution in [1.29, 1.82) is 0 Å². The third-order valence-electron chi connectivity index (χ3n) is 8.39. The number of rotatable bonds is 6. The number of carbonyl (C=O) groups is 2. The second-order valence-electron chi connectivity index (χ2n) is 12.5. The molecule has 44 heavy (non-hydrogen) atoms. The largest absolute Gasteiger partial charge is 0.465 e. The van der Waals surface area contributed by atoms with Gasteiger partial charge in [0.05, 0.1) is 41.1 Å². The first-order valence-electron chi connectivity index (χ1n) is 14.4. The summed E-state index contributed by atoms with van der Waals surface area (Å²) < 4.78 is 21.1. The molecule has 1 aliphatic heterocycles. The van der Waals surface area contributed by atoms with Crippen LogP contribution in [-0.4, -0.2) is 75.3 Å². The standard InChI is InChI=1S/C33H37ClFN5O4/c1-19-14-27(36-20(2)28(19)31(43)44-7)38-12-13-39(32(3,4)17-38)30(42)26-11-9-22-23(21-8-10-24(34)25(35)15-21)16-40(29(22)37-26)33(5,6)18-41/h8-11,14-16,41H,12-13,17-18H2,1-7H3. The minimum Gasteiger partial charge on any atom is -0.465 e. The summed E-state index contributed by atoms with van der Waals surface area (Å²) in [6, 6.07) is 10.0. The number of piperazine rings is 1. The highest BCUT2D eigenvalue weighted by Gasteiger charge is 2.38. The zero-order chi connectivity index (χ0) is 32.1. The van der Waals surface area contributed by atoms with Crippen molar-refractivity contribution in [2.24, 2.45) is 0 Å². The smallest absolute Gasteiger partial charge is 0.339 e. The summed E-state index contributed by atoms with van der Waals surface area (Å²) in [7, 11) is 1.35. The maximum Gasteiger partial charge on any atom is 0.339 e. The van der Waals surface area contributed by atoms with Crippen molar-refractivity contribution in [3.63, 3.8) is 0 Å². The highest BCUT2D eigenvalue weighted by Crippen LogP contribution is 2.35. The molecule has 0 aliphatic carbocycles. The van der Waals surface area contributed by atoms with Gasteiger partial charge >= 0.3 is 5.97 Å². The maximum absolute atomic E-state index is 14.4. The van der Waals surface area contributed by atoms with Gasteiger partial charge in [0.1, 0.15) is 23.0 Å². The molecular weight excluding hydrogens is 585 g/mol. The molecule has 0 saturated carbocycles. The molecule has 11 heteroatoms. The van der Waals surface area contributed by atoms with E-state index in [1.807, 2.05) is 62.4 Å². The van der Waals surface area contributed by atoms with E-state index >= 15 is 0 Å². The Morgan fingerprint density at radius 1 is 1.11 bits per heavy atom. The lowest BCUT2D eigenvalue weighted by Crippen LogP contribution is -2.61. The number of amides is 1. The average Bonchev–Trinajstić information content (AvgIpc) is 3.37. The summed E-state index contributed by atoms with van der Waals surface area (Å²) in [4.78, 5) is 39.7. The first-order valence-corrected chi connectivity index (χ1v) is 14.8. The van der Waals surface area contributed by atoms with Crippen LogP contribution in [0.1, 0.15) is 59.8 Å². The minimum atomic E-state index is -0.742. The maximum atomic E-state index is 14.4. The van der Waals surface area contributed by atoms with E-state index in [-0.39, 0.29) is 23.2 Å². The fraction of sp³-hybridized carbons (Fsp3) is 0.394. The molecule has 1 aliphatic rings. The number of ether oxygens (including phenoxy) is 1. The Balaban J connectivity index is 1.47. The third kappa shape index (κ3) is 5.52. The van der Waals surface area contributed by atoms with Crippen molar-refractivity contribution in [1.82, 2.24) is 19.4 Å². The Morgan fingerprint density at radius 3 is 2.45 bits per heavy atom. The fourth-order valence-electron chi connectivity index (χ4n) is 5.90. The number of fused-ring (bicyclic) bond motifs is 1. The molecule has 4 aromatic rings. The SMILES string of the molecule is COC(=O)c1c(C)cc(N2CCN(C(=O)c3ccc4c(-c5ccc(Cl)c(F)c5)cn(C(C)(C)CO)c4n3)C(C)(C)C2)nc1C. The lowest BCUT2D eigenvalue weighted by molar-refractivity contribution is 0.0506. The van der Waals surface area contributed by atoms with Crippen LogP contribution >= 0.6 is 11.6 Å². The molecule has 0 unspecified atom stereocenters. The summed E-state index contributed by atoms with van der Waals surface area (Å²) in [6.45, 7) is 12.7. The van der Waals surface area contributed by atoms with Gasteiger partial charge in [-0.05, 0) is 83.0 Å². The molecule has 0 atom stereocenters. The van der Waals surface area contributed by atoms with Crippen LogP contribution in [0.3, 0.4) is 0 Å². The zero-order valence-electron chi connectivity index (χ0n) is 26.0. The number of hydrogen-bond donors (Lipinski definition) is 1. The van der Waals surface area contributed by atoms with Gasteiger partial charge in [0.15, 0.2) is 0 Å². The van der Waals surface area contributed by atoms with E-state index in [2.05, 4.69) is 9.88 Å². The van der Waals surface area contributed by atoms with E-state index in [1.165, 1.54) is 19.2 Å². The van der Waals surface area contributed by atoms with Gasteiger partial charge in [-0.25, -0.2) is 19.2 Å². The van der Waals surface area contributed by atoms with Gasteiger partial charge in [0, 0.05) is 36.8 Å². The molecule has 0 bridgehead atoms. The van der Waals surface area contributed by atoms with Crippen molar-refractivity contribution in [2.45, 2.75) is 52.6 Å². The van der Waals surface area contributed by atoms with Crippen molar-refractivity contribution >= 4 is 40.3 Å². The molecule has 5 rings (SSSR count). The predicted molar refractivity (Wildman–Crippen MR) is 169 cm³/mol. The number of aliphatic hydroxyl groups is 1. The lowest BCUT2D eigenvalue weighted by atomic mass is 9.97. The second-order valence-corrected chi connectivity index (χ2v) is 12.9. The zero-order valence-corrected chi connectivity index (χ0v) is 26.8. The number of methoxy groups -OCH3 is 1. The number of esters is 1. The van der Waals surface area contributed by atoms with Crippen LogP contribution in [0.4, 0.5) is 10.2 Å². The molecule has 0 spiro atoms. The predicted octanol–water partition coefficient (Wildman–Crippen LogP) is 5.76. The summed E-state index contributed by atoms with van der Waals surface area (Å²) in [5.74, 6) is -0.429. The van der Waals surface area contributed by atoms with E-state index in [0.717, 1.165) is 16.8 Å². The average molecular weight is 622 g/mol. The molecule has 3 aromatic heterocycles. The summed E-state index contributed by atoms with van der Waals surface area (Å²) in [5.41, 5.74) is 2.63. The van der Waals surface area contributed by atoms with Crippen LogP contribution in [0, 0.1) is 19.7 Å². The number of pyridine rings is 2. The minimum absolute atomic E-state index is 0.0288. The first kappa shape index (κ1) is 31.4. The molecule has 9 nitrogen and oxygen atoms in total. The Hall–Kier alpha value is -4.02. The molecule has 1 N–H and O–H groups in total. The van der Waals surface area contributed by atoms with Crippen LogP contribution in [0.15, 0.2) is 42.6 Å². The highest BCUT2D eigenvalue weighted by atomic mass is 35.5. The van der Waals surface area contributed by atoms with Crippen LogP contribution in [0.25, 0.3) is 22.2 Å². The molecular formula is C33H37ClFN5O4. The molecule has 4 heterocycles. The summed E-state index contributed by atoms with van der Waals surface area (Å²) in [5, 5.41) is 10.9. The number of hydrogen-bond acceptors (Lipinski definition) is 7. The quantitative estimate of drug-likeness (QED) is 0.273. The Morgan fingerprint density at radius 2 is 1.84 bits per heavy atom. The van der Waals surface area contributed by atoms with Crippen LogP contribution < -0.4 is 4.90 Å². The monoisotopic (exact) mass is 621 g/mol. The number of aryl methyl sites for hydroxylation is 2. The second kappa shape index (κ2) is 11.5. The van der Waals surface area contributed by atoms with Crippen molar-refractivity contribution < 1.29 is 23.8 Å². The first-order chi connectivity index (χ1) is 20.7. The van der Waals surface area contributed by atoms with E-state index in [9.17, 15) is 19.1 Å². The normalized spacial score (nSPS) is 15.1. The van der Waals surface area contributed by atoms with Crippen molar-refractivity contribution in [2.75, 3.05) is 38.3 Å². The van der Waals surface area contributed by atoms with Crippen LogP contribution in [0.2, 0.25) is 5.02 Å². The number of aliphatic hydroxyl groups excluding tert-OH is 1. The van der Waals surface area contributed by atoms with Gasteiger partial charge in [-0.3, -0.25) is 4.79 Å². The summed E-state index contributed by atoms with van der Waals surface area (Å²) >= 11 is 5.93. The topological polar surface area (TPSA) is 101 Å². The van der Waals surface area contributed by atoms with Gasteiger partial charge < -0.3 is 24.2 Å². The Labute approximate surface area is 261 Å². The van der Waals surface area contributed by atoms with Crippen LogP contribution in [-0.2, 0) is 10.3 Å². The lowest BCUT2D eigenvalue weighted by Gasteiger charge is -2.47. The fourth-order valence-corrected chi connectivity index (χ4v) is 6.02. The van der Waals surface area contributed by atoms with Crippen molar-refractivity contribution in [3.05, 3.63) is 75.9 Å². The Bertz CT molecular complexity index is 1760. The molecule has 1 saturated heterocycles. The van der Waals surface area contributed by atoms with E-state index in [1.54, 1.807) is 19.1 Å². The highest BCUT2D eigenvalue weighted by molar-refractivity contribution is 6.30. The molecule has 232 valence electrons. The van der Waals surface area contributed by atoms with Crippen molar-refractivity contribution in [3.8, 4) is 11.1 Å². The molecule has 0 radical (unpaired) electrons. The van der Waals surface area contributed by atoms with E-state index in [0.29, 0.717) is 47.7 Å². The number of anilines is 1.